The van der Waals surface area contributed by atoms with E-state index in [0.29, 0.717) is 12.0 Å². The summed E-state index contributed by atoms with van der Waals surface area (Å²) in [4.78, 5) is 24.8. The maximum Gasteiger partial charge on any atom is 0.201 e. The number of carbonyl (C=O) groups is 2. The molecular formula is C15H8Cl4O2. The number of Topliss-reactive ketones (excluding diaryl/α,β-unsaturated/α-hetero) is 2. The molecule has 3 aliphatic carbocycles. The van der Waals surface area contributed by atoms with Crippen molar-refractivity contribution in [3.05, 3.63) is 56.1 Å². The first-order valence-electron chi connectivity index (χ1n) is 6.18. The summed E-state index contributed by atoms with van der Waals surface area (Å²) in [5.74, 6) is -1.57. The molecule has 0 aromatic heterocycles. The second-order valence-electron chi connectivity index (χ2n) is 4.92. The molecule has 0 saturated carbocycles. The lowest BCUT2D eigenvalue weighted by molar-refractivity contribution is -0.116. The quantitative estimate of drug-likeness (QED) is 0.600. The SMILES string of the molecule is O=C1C2=CC=CC=C(C2)C(Cl)C2C(=O)C(Cl)=C(Cl)/C2=C/1Cl. The monoisotopic (exact) mass is 360 g/mol. The topological polar surface area (TPSA) is 34.1 Å². The van der Waals surface area contributed by atoms with Crippen molar-refractivity contribution in [2.45, 2.75) is 11.8 Å². The number of hydrogen-bond acceptors (Lipinski definition) is 2. The molecule has 2 atom stereocenters. The van der Waals surface area contributed by atoms with Crippen molar-refractivity contribution in [3.63, 3.8) is 0 Å². The molecule has 3 rings (SSSR count). The fraction of sp³-hybridized carbons (Fsp3) is 0.200. The number of carbonyl (C=O) groups excluding carboxylic acids is 2. The van der Waals surface area contributed by atoms with Crippen LogP contribution in [0.4, 0.5) is 0 Å². The van der Waals surface area contributed by atoms with E-state index in [0.717, 1.165) is 5.57 Å². The average Bonchev–Trinajstić information content (AvgIpc) is 2.68. The largest absolute Gasteiger partial charge is 0.292 e. The lowest BCUT2D eigenvalue weighted by atomic mass is 9.84. The van der Waals surface area contributed by atoms with Gasteiger partial charge in [-0.1, -0.05) is 59.1 Å². The summed E-state index contributed by atoms with van der Waals surface area (Å²) in [7, 11) is 0. The molecule has 0 amide bonds. The van der Waals surface area contributed by atoms with E-state index in [4.69, 9.17) is 46.4 Å². The Morgan fingerprint density at radius 2 is 1.62 bits per heavy atom. The Hall–Kier alpha value is -0.800. The zero-order chi connectivity index (χ0) is 15.3. The second-order valence-corrected chi connectivity index (χ2v) is 6.53. The predicted molar refractivity (Wildman–Crippen MR) is 84.7 cm³/mol. The van der Waals surface area contributed by atoms with Gasteiger partial charge >= 0.3 is 0 Å². The Morgan fingerprint density at radius 3 is 2.33 bits per heavy atom. The molecule has 0 N–H and O–H groups in total. The minimum atomic E-state index is -0.817. The third-order valence-corrected chi connectivity index (χ3v) is 5.50. The number of halogens is 4. The molecule has 21 heavy (non-hydrogen) atoms. The Kier molecular flexibility index (Phi) is 3.91. The molecule has 0 aromatic rings. The van der Waals surface area contributed by atoms with E-state index in [-0.39, 0.29) is 26.5 Å². The Morgan fingerprint density at radius 1 is 0.952 bits per heavy atom. The van der Waals surface area contributed by atoms with Crippen LogP contribution < -0.4 is 0 Å². The summed E-state index contributed by atoms with van der Waals surface area (Å²) in [6.45, 7) is 0. The minimum absolute atomic E-state index is 0.0171. The summed E-state index contributed by atoms with van der Waals surface area (Å²) in [6.07, 6.45) is 7.36. The summed E-state index contributed by atoms with van der Waals surface area (Å²) in [6, 6.07) is 0. The van der Waals surface area contributed by atoms with Gasteiger partial charge in [-0.2, -0.15) is 0 Å². The number of alkyl halides is 1. The minimum Gasteiger partial charge on any atom is -0.292 e. The molecule has 0 fully saturated rings. The zero-order valence-corrected chi connectivity index (χ0v) is 13.5. The maximum atomic E-state index is 12.5. The number of rotatable bonds is 0. The summed E-state index contributed by atoms with van der Waals surface area (Å²) < 4.78 is 0. The molecule has 2 nitrogen and oxygen atoms in total. The number of ketones is 2. The third kappa shape index (κ3) is 2.25. The Labute approximate surface area is 141 Å². The van der Waals surface area contributed by atoms with Crippen molar-refractivity contribution in [1.29, 1.82) is 0 Å². The fourth-order valence-electron chi connectivity index (χ4n) is 2.65. The Balaban J connectivity index is 2.29. The van der Waals surface area contributed by atoms with Crippen LogP contribution in [0, 0.1) is 5.92 Å². The van der Waals surface area contributed by atoms with Crippen molar-refractivity contribution >= 4 is 58.0 Å². The van der Waals surface area contributed by atoms with E-state index in [1.165, 1.54) is 0 Å². The van der Waals surface area contributed by atoms with E-state index in [2.05, 4.69) is 0 Å². The van der Waals surface area contributed by atoms with Crippen LogP contribution >= 0.6 is 46.4 Å². The van der Waals surface area contributed by atoms with Crippen molar-refractivity contribution in [3.8, 4) is 0 Å². The molecule has 2 unspecified atom stereocenters. The zero-order valence-electron chi connectivity index (χ0n) is 10.5. The molecule has 3 aliphatic rings. The van der Waals surface area contributed by atoms with Crippen LogP contribution in [0.5, 0.6) is 0 Å². The van der Waals surface area contributed by atoms with Gasteiger partial charge in [-0.25, -0.2) is 0 Å². The van der Waals surface area contributed by atoms with E-state index < -0.39 is 17.1 Å². The highest BCUT2D eigenvalue weighted by atomic mass is 35.5. The van der Waals surface area contributed by atoms with Gasteiger partial charge in [0.1, 0.15) is 5.03 Å². The summed E-state index contributed by atoms with van der Waals surface area (Å²) in [5, 5.41) is -0.832. The van der Waals surface area contributed by atoms with Gasteiger partial charge in [0.05, 0.1) is 21.4 Å². The number of allylic oxidation sites excluding steroid dienone is 10. The third-order valence-electron chi connectivity index (χ3n) is 3.73. The van der Waals surface area contributed by atoms with Crippen LogP contribution in [0.25, 0.3) is 0 Å². The highest BCUT2D eigenvalue weighted by Gasteiger charge is 2.45. The lowest BCUT2D eigenvalue weighted by Crippen LogP contribution is -2.28. The molecular weight excluding hydrogens is 354 g/mol. The van der Waals surface area contributed by atoms with Gasteiger partial charge in [-0.05, 0) is 12.0 Å². The highest BCUT2D eigenvalue weighted by molar-refractivity contribution is 6.55. The molecule has 2 bridgehead atoms. The van der Waals surface area contributed by atoms with Crippen LogP contribution in [0.2, 0.25) is 0 Å². The second kappa shape index (κ2) is 5.44. The molecule has 0 spiro atoms. The van der Waals surface area contributed by atoms with Gasteiger partial charge in [-0.15, -0.1) is 11.6 Å². The van der Waals surface area contributed by atoms with Crippen LogP contribution in [0.3, 0.4) is 0 Å². The number of fused-ring (bicyclic) bond motifs is 3. The fourth-order valence-corrected chi connectivity index (χ4v) is 3.95. The van der Waals surface area contributed by atoms with Crippen LogP contribution in [-0.4, -0.2) is 16.9 Å². The van der Waals surface area contributed by atoms with Crippen molar-refractivity contribution in [1.82, 2.24) is 0 Å². The van der Waals surface area contributed by atoms with Crippen LogP contribution in [0.1, 0.15) is 6.42 Å². The van der Waals surface area contributed by atoms with Crippen LogP contribution in [-0.2, 0) is 9.59 Å². The number of hydrogen-bond donors (Lipinski definition) is 0. The lowest BCUT2D eigenvalue weighted by Gasteiger charge is -2.25. The predicted octanol–water partition coefficient (Wildman–Crippen LogP) is 4.37. The van der Waals surface area contributed by atoms with E-state index >= 15 is 0 Å². The average molecular weight is 362 g/mol. The molecule has 0 aliphatic heterocycles. The van der Waals surface area contributed by atoms with Gasteiger partial charge in [0.15, 0.2) is 5.78 Å². The van der Waals surface area contributed by atoms with Crippen LogP contribution in [0.15, 0.2) is 56.1 Å². The van der Waals surface area contributed by atoms with E-state index in [1.807, 2.05) is 0 Å². The molecule has 6 heteroatoms. The standard InChI is InChI=1S/C15H8Cl4O2/c16-10-6-3-1-2-4-7(5-6)14(20)12(18)8-9(10)15(21)13(19)11(8)17/h1-4,9-10H,5H2/b12-8-. The van der Waals surface area contributed by atoms with Gasteiger partial charge in [0.2, 0.25) is 5.78 Å². The molecule has 0 heterocycles. The van der Waals surface area contributed by atoms with E-state index in [1.54, 1.807) is 24.3 Å². The first kappa shape index (κ1) is 15.1. The van der Waals surface area contributed by atoms with Gasteiger partial charge < -0.3 is 0 Å². The summed E-state index contributed by atoms with van der Waals surface area (Å²) >= 11 is 24.7. The molecule has 108 valence electrons. The van der Waals surface area contributed by atoms with Gasteiger partial charge in [0.25, 0.3) is 0 Å². The summed E-state index contributed by atoms with van der Waals surface area (Å²) in [5.41, 5.74) is 1.51. The van der Waals surface area contributed by atoms with E-state index in [9.17, 15) is 9.59 Å². The first-order chi connectivity index (χ1) is 9.93. The normalized spacial score (nSPS) is 32.4. The maximum absolute atomic E-state index is 12.5. The van der Waals surface area contributed by atoms with Gasteiger partial charge in [-0.3, -0.25) is 9.59 Å². The smallest absolute Gasteiger partial charge is 0.201 e. The molecule has 0 radical (unpaired) electrons. The molecule has 0 aromatic carbocycles. The van der Waals surface area contributed by atoms with Crippen molar-refractivity contribution in [2.24, 2.45) is 5.92 Å². The molecule has 0 saturated heterocycles. The van der Waals surface area contributed by atoms with Crippen molar-refractivity contribution < 1.29 is 9.59 Å². The first-order valence-corrected chi connectivity index (χ1v) is 7.75. The Bertz CT molecular complexity index is 722. The highest BCUT2D eigenvalue weighted by Crippen LogP contribution is 2.48. The van der Waals surface area contributed by atoms with Gasteiger partial charge in [0, 0.05) is 11.1 Å². The van der Waals surface area contributed by atoms with Crippen molar-refractivity contribution in [2.75, 3.05) is 0 Å².